The number of pyridine rings is 1. The Hall–Kier alpha value is -3.08. The monoisotopic (exact) mass is 306 g/mol. The van der Waals surface area contributed by atoms with E-state index in [2.05, 4.69) is 4.98 Å². The molecule has 0 aliphatic heterocycles. The average Bonchev–Trinajstić information content (AvgIpc) is 2.89. The predicted molar refractivity (Wildman–Crippen MR) is 90.4 cm³/mol. The lowest BCUT2D eigenvalue weighted by molar-refractivity contribution is 0.198. The van der Waals surface area contributed by atoms with Gasteiger partial charge >= 0.3 is 6.09 Å². The molecule has 5 heteroatoms. The van der Waals surface area contributed by atoms with Gasteiger partial charge in [0.05, 0.1) is 16.6 Å². The third kappa shape index (κ3) is 1.73. The Morgan fingerprint density at radius 2 is 1.87 bits per heavy atom. The maximum absolute atomic E-state index is 12.5. The van der Waals surface area contributed by atoms with Gasteiger partial charge in [-0.3, -0.25) is 4.79 Å². The summed E-state index contributed by atoms with van der Waals surface area (Å²) in [5.41, 5.74) is 2.45. The zero-order valence-electron chi connectivity index (χ0n) is 12.5. The second-order valence-electron chi connectivity index (χ2n) is 5.51. The van der Waals surface area contributed by atoms with Crippen LogP contribution in [0.1, 0.15) is 12.5 Å². The molecule has 2 N–H and O–H groups in total. The fourth-order valence-electron chi connectivity index (χ4n) is 3.35. The van der Waals surface area contributed by atoms with E-state index >= 15 is 0 Å². The van der Waals surface area contributed by atoms with Gasteiger partial charge in [0.15, 0.2) is 0 Å². The highest BCUT2D eigenvalue weighted by Crippen LogP contribution is 2.32. The van der Waals surface area contributed by atoms with Crippen LogP contribution in [-0.4, -0.2) is 20.8 Å². The molecule has 0 bridgehead atoms. The highest BCUT2D eigenvalue weighted by Gasteiger charge is 2.20. The van der Waals surface area contributed by atoms with Gasteiger partial charge in [-0.1, -0.05) is 37.3 Å². The number of carbonyl (C=O) groups is 1. The van der Waals surface area contributed by atoms with Gasteiger partial charge in [0.25, 0.3) is 5.56 Å². The lowest BCUT2D eigenvalue weighted by atomic mass is 10.0. The van der Waals surface area contributed by atoms with Crippen LogP contribution in [0.2, 0.25) is 0 Å². The number of nitrogens with one attached hydrogen (secondary N) is 1. The Balaban J connectivity index is 2.45. The Kier molecular flexibility index (Phi) is 2.78. The normalized spacial score (nSPS) is 11.5. The lowest BCUT2D eigenvalue weighted by Gasteiger charge is -2.08. The number of rotatable bonds is 1. The predicted octanol–water partition coefficient (Wildman–Crippen LogP) is 3.72. The second kappa shape index (κ2) is 4.71. The first-order valence-corrected chi connectivity index (χ1v) is 7.43. The van der Waals surface area contributed by atoms with E-state index in [0.29, 0.717) is 27.3 Å². The van der Waals surface area contributed by atoms with Gasteiger partial charge in [0.2, 0.25) is 0 Å². The van der Waals surface area contributed by atoms with Crippen molar-refractivity contribution < 1.29 is 9.90 Å². The van der Waals surface area contributed by atoms with Crippen molar-refractivity contribution in [2.45, 2.75) is 13.3 Å². The fraction of sp³-hybridized carbons (Fsp3) is 0.111. The summed E-state index contributed by atoms with van der Waals surface area (Å²) in [5, 5.41) is 11.7. The van der Waals surface area contributed by atoms with E-state index in [0.717, 1.165) is 17.4 Å². The molecule has 5 nitrogen and oxygen atoms in total. The molecule has 0 atom stereocenters. The van der Waals surface area contributed by atoms with Crippen LogP contribution in [0.4, 0.5) is 4.79 Å². The van der Waals surface area contributed by atoms with E-state index in [1.807, 2.05) is 31.2 Å². The van der Waals surface area contributed by atoms with E-state index in [1.54, 1.807) is 18.2 Å². The minimum atomic E-state index is -1.06. The zero-order chi connectivity index (χ0) is 16.1. The molecule has 0 unspecified atom stereocenters. The molecule has 0 saturated heterocycles. The minimum absolute atomic E-state index is 0.198. The van der Waals surface area contributed by atoms with Crippen molar-refractivity contribution >= 4 is 38.8 Å². The van der Waals surface area contributed by atoms with Crippen LogP contribution in [0, 0.1) is 0 Å². The number of H-pyrrole nitrogens is 1. The van der Waals surface area contributed by atoms with Crippen LogP contribution in [0.5, 0.6) is 0 Å². The van der Waals surface area contributed by atoms with Crippen molar-refractivity contribution in [2.24, 2.45) is 0 Å². The van der Waals surface area contributed by atoms with Gasteiger partial charge in [-0.2, -0.15) is 0 Å². The Morgan fingerprint density at radius 3 is 2.61 bits per heavy atom. The number of aryl methyl sites for hydroxylation is 1. The molecule has 0 fully saturated rings. The second-order valence-corrected chi connectivity index (χ2v) is 5.51. The smallest absolute Gasteiger partial charge is 0.416 e. The molecule has 0 aliphatic rings. The van der Waals surface area contributed by atoms with Crippen molar-refractivity contribution in [3.05, 3.63) is 58.4 Å². The first-order chi connectivity index (χ1) is 11.1. The fourth-order valence-corrected chi connectivity index (χ4v) is 3.35. The average molecular weight is 306 g/mol. The molecule has 2 aromatic heterocycles. The molecule has 2 aromatic carbocycles. The minimum Gasteiger partial charge on any atom is -0.464 e. The number of fused-ring (bicyclic) bond motifs is 5. The number of aromatic amines is 1. The molecular formula is C18H14N2O3. The van der Waals surface area contributed by atoms with Gasteiger partial charge in [0, 0.05) is 16.2 Å². The summed E-state index contributed by atoms with van der Waals surface area (Å²) in [7, 11) is 0. The van der Waals surface area contributed by atoms with Crippen LogP contribution in [0.3, 0.4) is 0 Å². The van der Waals surface area contributed by atoms with E-state index in [9.17, 15) is 14.7 Å². The summed E-state index contributed by atoms with van der Waals surface area (Å²) in [6.07, 6.45) is -0.340. The maximum atomic E-state index is 12.5. The van der Waals surface area contributed by atoms with Crippen LogP contribution < -0.4 is 5.56 Å². The standard InChI is InChI=1S/C18H14N2O3/c1-2-10-6-5-8-12-14(10)16-15(19-17(12)21)11-7-3-4-9-13(11)20(16)18(22)23/h3-9H,2H2,1H3,(H,19,21)(H,22,23). The number of aromatic nitrogens is 2. The van der Waals surface area contributed by atoms with Crippen LogP contribution >= 0.6 is 0 Å². The summed E-state index contributed by atoms with van der Waals surface area (Å²) in [6.45, 7) is 2.00. The molecule has 4 aromatic rings. The quantitative estimate of drug-likeness (QED) is 0.562. The first kappa shape index (κ1) is 13.6. The van der Waals surface area contributed by atoms with Crippen LogP contribution in [0.25, 0.3) is 32.7 Å². The molecule has 0 spiro atoms. The summed E-state index contributed by atoms with van der Waals surface area (Å²) in [5.74, 6) is 0. The largest absolute Gasteiger partial charge is 0.464 e. The van der Waals surface area contributed by atoms with Gasteiger partial charge in [-0.05, 0) is 24.1 Å². The molecular weight excluding hydrogens is 292 g/mol. The topological polar surface area (TPSA) is 75.1 Å². The van der Waals surface area contributed by atoms with E-state index in [4.69, 9.17) is 0 Å². The molecule has 0 radical (unpaired) electrons. The molecule has 114 valence electrons. The molecule has 2 heterocycles. The van der Waals surface area contributed by atoms with E-state index in [-0.39, 0.29) is 5.56 Å². The molecule has 4 rings (SSSR count). The van der Waals surface area contributed by atoms with Crippen molar-refractivity contribution in [3.8, 4) is 0 Å². The van der Waals surface area contributed by atoms with Crippen molar-refractivity contribution in [1.29, 1.82) is 0 Å². The molecule has 0 aliphatic carbocycles. The SMILES string of the molecule is CCc1cccc2c(=O)[nH]c3c4ccccc4n(C(=O)O)c3c12. The number of nitrogens with zero attached hydrogens (tertiary/aromatic N) is 1. The van der Waals surface area contributed by atoms with Crippen LogP contribution in [0.15, 0.2) is 47.3 Å². The summed E-state index contributed by atoms with van der Waals surface area (Å²) in [6, 6.07) is 12.7. The number of hydrogen-bond donors (Lipinski definition) is 2. The third-order valence-electron chi connectivity index (χ3n) is 4.32. The van der Waals surface area contributed by atoms with Gasteiger partial charge < -0.3 is 10.1 Å². The number of carboxylic acid groups (broad SMARTS) is 1. The van der Waals surface area contributed by atoms with E-state index < -0.39 is 6.09 Å². The molecule has 0 amide bonds. The van der Waals surface area contributed by atoms with Crippen LogP contribution in [-0.2, 0) is 6.42 Å². The third-order valence-corrected chi connectivity index (χ3v) is 4.32. The van der Waals surface area contributed by atoms with Crippen molar-refractivity contribution in [1.82, 2.24) is 9.55 Å². The summed E-state index contributed by atoms with van der Waals surface area (Å²) < 4.78 is 1.27. The van der Waals surface area contributed by atoms with Gasteiger partial charge in [0.1, 0.15) is 0 Å². The van der Waals surface area contributed by atoms with Crippen molar-refractivity contribution in [3.63, 3.8) is 0 Å². The highest BCUT2D eigenvalue weighted by atomic mass is 16.4. The lowest BCUT2D eigenvalue weighted by Crippen LogP contribution is -2.11. The Labute approximate surface area is 130 Å². The zero-order valence-corrected chi connectivity index (χ0v) is 12.5. The molecule has 23 heavy (non-hydrogen) atoms. The Morgan fingerprint density at radius 1 is 1.13 bits per heavy atom. The van der Waals surface area contributed by atoms with Gasteiger partial charge in [-0.15, -0.1) is 0 Å². The summed E-state index contributed by atoms with van der Waals surface area (Å²) in [4.78, 5) is 27.2. The maximum Gasteiger partial charge on any atom is 0.416 e. The molecule has 0 saturated carbocycles. The summed E-state index contributed by atoms with van der Waals surface area (Å²) >= 11 is 0. The van der Waals surface area contributed by atoms with Crippen molar-refractivity contribution in [2.75, 3.05) is 0 Å². The van der Waals surface area contributed by atoms with Gasteiger partial charge in [-0.25, -0.2) is 9.36 Å². The number of para-hydroxylation sites is 1. The number of hydrogen-bond acceptors (Lipinski definition) is 2. The number of benzene rings is 2. The van der Waals surface area contributed by atoms with E-state index in [1.165, 1.54) is 4.57 Å². The first-order valence-electron chi connectivity index (χ1n) is 7.43. The highest BCUT2D eigenvalue weighted by molar-refractivity contribution is 6.19. The Bertz CT molecular complexity index is 1150.